The third-order valence-corrected chi connectivity index (χ3v) is 5.11. The van der Waals surface area contributed by atoms with E-state index in [9.17, 15) is 4.79 Å². The molecule has 0 bridgehead atoms. The molecule has 4 unspecified atom stereocenters. The van der Waals surface area contributed by atoms with Crippen LogP contribution in [0.1, 0.15) is 25.7 Å². The number of hydrazine groups is 2. The molecule has 106 valence electrons. The number of ether oxygens (including phenoxy) is 1. The summed E-state index contributed by atoms with van der Waals surface area (Å²) in [5.41, 5.74) is 6.69. The van der Waals surface area contributed by atoms with Crippen LogP contribution in [0.3, 0.4) is 0 Å². The normalized spacial score (nSPS) is 42.5. The lowest BCUT2D eigenvalue weighted by Gasteiger charge is -2.50. The average Bonchev–Trinajstić information content (AvgIpc) is 2.32. The van der Waals surface area contributed by atoms with Gasteiger partial charge in [0.15, 0.2) is 0 Å². The molecule has 2 N–H and O–H groups in total. The second kappa shape index (κ2) is 4.70. The van der Waals surface area contributed by atoms with E-state index in [1.54, 1.807) is 0 Å². The zero-order chi connectivity index (χ0) is 12.8. The van der Waals surface area contributed by atoms with Crippen molar-refractivity contribution in [2.24, 2.45) is 5.92 Å². The Labute approximate surface area is 113 Å². The van der Waals surface area contributed by atoms with E-state index in [4.69, 9.17) is 4.74 Å². The van der Waals surface area contributed by atoms with Crippen molar-refractivity contribution in [1.29, 1.82) is 0 Å². The molecule has 0 aromatic carbocycles. The molecule has 4 aliphatic rings. The molecule has 6 heteroatoms. The molecule has 0 aliphatic carbocycles. The third-order valence-electron chi connectivity index (χ3n) is 5.11. The number of hydrogen-bond donors (Lipinski definition) is 2. The first kappa shape index (κ1) is 12.1. The number of rotatable bonds is 2. The van der Waals surface area contributed by atoms with Gasteiger partial charge in [-0.1, -0.05) is 0 Å². The molecule has 4 fully saturated rings. The zero-order valence-corrected chi connectivity index (χ0v) is 11.2. The van der Waals surface area contributed by atoms with Gasteiger partial charge in [-0.25, -0.2) is 10.0 Å². The van der Waals surface area contributed by atoms with Crippen LogP contribution in [0, 0.1) is 5.92 Å². The fraction of sp³-hybridized carbons (Fsp3) is 0.923. The molecule has 4 aliphatic heterocycles. The topological polar surface area (TPSA) is 56.8 Å². The molecule has 4 heterocycles. The molecule has 0 saturated carbocycles. The predicted molar refractivity (Wildman–Crippen MR) is 68.8 cm³/mol. The van der Waals surface area contributed by atoms with Crippen molar-refractivity contribution in [3.05, 3.63) is 0 Å². The summed E-state index contributed by atoms with van der Waals surface area (Å²) >= 11 is 0. The first-order valence-corrected chi connectivity index (χ1v) is 7.54. The minimum Gasteiger partial charge on any atom is -0.460 e. The second-order valence-electron chi connectivity index (χ2n) is 6.07. The molecule has 4 rings (SSSR count). The highest BCUT2D eigenvalue weighted by Gasteiger charge is 2.45. The molecule has 19 heavy (non-hydrogen) atoms. The molecule has 0 aromatic heterocycles. The van der Waals surface area contributed by atoms with Crippen molar-refractivity contribution in [3.8, 4) is 0 Å². The van der Waals surface area contributed by atoms with Crippen molar-refractivity contribution >= 4 is 5.97 Å². The molecule has 0 amide bonds. The van der Waals surface area contributed by atoms with Gasteiger partial charge in [-0.15, -0.1) is 0 Å². The lowest BCUT2D eigenvalue weighted by Crippen LogP contribution is -2.66. The van der Waals surface area contributed by atoms with Gasteiger partial charge in [-0.3, -0.25) is 15.6 Å². The van der Waals surface area contributed by atoms with E-state index in [0.29, 0.717) is 12.1 Å². The van der Waals surface area contributed by atoms with Gasteiger partial charge in [-0.2, -0.15) is 0 Å². The number of nitrogens with zero attached hydrogens (tertiary/aromatic N) is 2. The van der Waals surface area contributed by atoms with Gasteiger partial charge in [0.1, 0.15) is 6.10 Å². The van der Waals surface area contributed by atoms with Crippen LogP contribution >= 0.6 is 0 Å². The van der Waals surface area contributed by atoms with Crippen molar-refractivity contribution in [1.82, 2.24) is 20.9 Å². The largest absolute Gasteiger partial charge is 0.460 e. The summed E-state index contributed by atoms with van der Waals surface area (Å²) in [7, 11) is 0. The molecule has 0 spiro atoms. The molecule has 4 atom stereocenters. The van der Waals surface area contributed by atoms with Gasteiger partial charge >= 0.3 is 5.97 Å². The van der Waals surface area contributed by atoms with E-state index in [2.05, 4.69) is 20.9 Å². The number of carbonyl (C=O) groups is 1. The summed E-state index contributed by atoms with van der Waals surface area (Å²) < 4.78 is 5.84. The van der Waals surface area contributed by atoms with Crippen LogP contribution in [-0.4, -0.2) is 60.4 Å². The molecule has 4 saturated heterocycles. The number of hydrogen-bond acceptors (Lipinski definition) is 6. The highest BCUT2D eigenvalue weighted by atomic mass is 16.5. The SMILES string of the molecule is O=C(OC1CCNN2CCC12)C1CCNN2CCC12. The fourth-order valence-electron chi connectivity index (χ4n) is 3.76. The summed E-state index contributed by atoms with van der Waals surface area (Å²) in [4.78, 5) is 12.4. The summed E-state index contributed by atoms with van der Waals surface area (Å²) in [6, 6.07) is 0.789. The van der Waals surface area contributed by atoms with Crippen LogP contribution in [0.4, 0.5) is 0 Å². The van der Waals surface area contributed by atoms with Crippen molar-refractivity contribution in [3.63, 3.8) is 0 Å². The summed E-state index contributed by atoms with van der Waals surface area (Å²) in [5, 5.41) is 4.42. The fourth-order valence-corrected chi connectivity index (χ4v) is 3.76. The summed E-state index contributed by atoms with van der Waals surface area (Å²) in [6.45, 7) is 3.98. The molecule has 0 radical (unpaired) electrons. The van der Waals surface area contributed by atoms with Gasteiger partial charge in [0.2, 0.25) is 0 Å². The molecular weight excluding hydrogens is 244 g/mol. The Morgan fingerprint density at radius 3 is 2.32 bits per heavy atom. The molecular formula is C13H22N4O2. The van der Waals surface area contributed by atoms with Crippen LogP contribution in [0.2, 0.25) is 0 Å². The minimum atomic E-state index is 0.0370. The first-order chi connectivity index (χ1) is 9.33. The molecule has 0 aromatic rings. The van der Waals surface area contributed by atoms with E-state index in [-0.39, 0.29) is 18.0 Å². The van der Waals surface area contributed by atoms with Gasteiger partial charge in [0.05, 0.1) is 12.0 Å². The Balaban J connectivity index is 1.38. The lowest BCUT2D eigenvalue weighted by atomic mass is 9.86. The van der Waals surface area contributed by atoms with Crippen LogP contribution in [0.5, 0.6) is 0 Å². The lowest BCUT2D eigenvalue weighted by molar-refractivity contribution is -0.177. The summed E-state index contributed by atoms with van der Waals surface area (Å²) in [6.07, 6.45) is 4.23. The smallest absolute Gasteiger partial charge is 0.310 e. The monoisotopic (exact) mass is 266 g/mol. The van der Waals surface area contributed by atoms with Crippen molar-refractivity contribution in [2.45, 2.75) is 43.9 Å². The Bertz CT molecular complexity index is 378. The first-order valence-electron chi connectivity index (χ1n) is 7.54. The van der Waals surface area contributed by atoms with Crippen LogP contribution < -0.4 is 10.9 Å². The Morgan fingerprint density at radius 1 is 0.947 bits per heavy atom. The van der Waals surface area contributed by atoms with E-state index < -0.39 is 0 Å². The van der Waals surface area contributed by atoms with Gasteiger partial charge < -0.3 is 4.74 Å². The maximum absolute atomic E-state index is 12.4. The van der Waals surface area contributed by atoms with Gasteiger partial charge in [-0.05, 0) is 25.7 Å². The van der Waals surface area contributed by atoms with Crippen molar-refractivity contribution < 1.29 is 9.53 Å². The van der Waals surface area contributed by atoms with E-state index in [1.807, 2.05) is 0 Å². The standard InChI is InChI=1S/C13H22N4O2/c18-13(9-1-5-14-16-7-3-10(9)16)19-12-2-6-15-17-8-4-11(12)17/h9-12,14-15H,1-8H2. The number of fused-ring (bicyclic) bond motifs is 2. The van der Waals surface area contributed by atoms with Crippen LogP contribution in [0.15, 0.2) is 0 Å². The summed E-state index contributed by atoms with van der Waals surface area (Å²) in [5.74, 6) is 0.119. The van der Waals surface area contributed by atoms with Crippen LogP contribution in [0.25, 0.3) is 0 Å². The average molecular weight is 266 g/mol. The van der Waals surface area contributed by atoms with Crippen molar-refractivity contribution in [2.75, 3.05) is 26.2 Å². The van der Waals surface area contributed by atoms with Gasteiger partial charge in [0, 0.05) is 32.2 Å². The van der Waals surface area contributed by atoms with Gasteiger partial charge in [0.25, 0.3) is 0 Å². The Kier molecular flexibility index (Phi) is 2.99. The Morgan fingerprint density at radius 2 is 1.63 bits per heavy atom. The molecule has 6 nitrogen and oxygen atoms in total. The highest BCUT2D eigenvalue weighted by Crippen LogP contribution is 2.31. The predicted octanol–water partition coefficient (Wildman–Crippen LogP) is -0.520. The van der Waals surface area contributed by atoms with E-state index >= 15 is 0 Å². The maximum Gasteiger partial charge on any atom is 0.310 e. The van der Waals surface area contributed by atoms with Crippen LogP contribution in [-0.2, 0) is 9.53 Å². The minimum absolute atomic E-state index is 0.0370. The maximum atomic E-state index is 12.4. The second-order valence-corrected chi connectivity index (χ2v) is 6.07. The third kappa shape index (κ3) is 1.98. The Hall–Kier alpha value is -0.690. The number of carbonyl (C=O) groups excluding carboxylic acids is 1. The number of nitrogens with one attached hydrogen (secondary N) is 2. The van der Waals surface area contributed by atoms with E-state index in [0.717, 1.165) is 51.9 Å². The zero-order valence-electron chi connectivity index (χ0n) is 11.2. The quantitative estimate of drug-likeness (QED) is 0.656. The highest BCUT2D eigenvalue weighted by molar-refractivity contribution is 5.74. The van der Waals surface area contributed by atoms with E-state index in [1.165, 1.54) is 0 Å². The number of esters is 1.